The second-order valence-corrected chi connectivity index (χ2v) is 11.3. The summed E-state index contributed by atoms with van der Waals surface area (Å²) in [5, 5.41) is 9.14. The predicted molar refractivity (Wildman–Crippen MR) is 179 cm³/mol. The van der Waals surface area contributed by atoms with Crippen LogP contribution < -0.4 is 4.74 Å². The summed E-state index contributed by atoms with van der Waals surface area (Å²) in [6.07, 6.45) is -4.74. The standard InChI is InChI=1S/C41H25F3O/c42-41(43,44)45-34-20-17-28(18-21-34)31-19-22-37-38(25-31)40(33-16-14-27-8-2-4-10-30(27)24-33)36-12-6-5-11-35(36)39(37)32-15-13-26-7-1-3-9-29(26)23-32/h1-25H. The second-order valence-electron chi connectivity index (χ2n) is 11.3. The summed E-state index contributed by atoms with van der Waals surface area (Å²) in [5.41, 5.74) is 6.21. The summed E-state index contributed by atoms with van der Waals surface area (Å²) in [6.45, 7) is 0. The fourth-order valence-electron chi connectivity index (χ4n) is 6.52. The van der Waals surface area contributed by atoms with Crippen molar-refractivity contribution in [2.24, 2.45) is 0 Å². The normalized spacial score (nSPS) is 11.9. The van der Waals surface area contributed by atoms with E-state index in [0.717, 1.165) is 60.3 Å². The monoisotopic (exact) mass is 590 g/mol. The lowest BCUT2D eigenvalue weighted by Crippen LogP contribution is -2.16. The quantitative estimate of drug-likeness (QED) is 0.185. The van der Waals surface area contributed by atoms with Gasteiger partial charge in [0.25, 0.3) is 0 Å². The summed E-state index contributed by atoms with van der Waals surface area (Å²) in [5.74, 6) is -0.242. The smallest absolute Gasteiger partial charge is 0.406 e. The highest BCUT2D eigenvalue weighted by Gasteiger charge is 2.31. The van der Waals surface area contributed by atoms with E-state index in [2.05, 4.69) is 120 Å². The molecule has 0 heterocycles. The van der Waals surface area contributed by atoms with Gasteiger partial charge in [-0.3, -0.25) is 0 Å². The first-order valence-corrected chi connectivity index (χ1v) is 14.7. The molecule has 8 rings (SSSR count). The Kier molecular flexibility index (Phi) is 6.31. The maximum atomic E-state index is 12.8. The third-order valence-electron chi connectivity index (χ3n) is 8.52. The molecule has 0 saturated heterocycles. The van der Waals surface area contributed by atoms with Gasteiger partial charge in [0.1, 0.15) is 5.75 Å². The van der Waals surface area contributed by atoms with Crippen molar-refractivity contribution < 1.29 is 17.9 Å². The van der Waals surface area contributed by atoms with E-state index in [4.69, 9.17) is 0 Å². The van der Waals surface area contributed by atoms with Gasteiger partial charge in [0.2, 0.25) is 0 Å². The number of fused-ring (bicyclic) bond motifs is 4. The third kappa shape index (κ3) is 4.95. The molecule has 0 spiro atoms. The highest BCUT2D eigenvalue weighted by atomic mass is 19.4. The van der Waals surface area contributed by atoms with Gasteiger partial charge in [0, 0.05) is 0 Å². The van der Waals surface area contributed by atoms with Crippen molar-refractivity contribution in [3.63, 3.8) is 0 Å². The fraction of sp³-hybridized carbons (Fsp3) is 0.0244. The van der Waals surface area contributed by atoms with Gasteiger partial charge in [0.15, 0.2) is 0 Å². The number of hydrogen-bond donors (Lipinski definition) is 0. The lowest BCUT2D eigenvalue weighted by molar-refractivity contribution is -0.274. The molecule has 0 radical (unpaired) electrons. The van der Waals surface area contributed by atoms with E-state index in [0.29, 0.717) is 0 Å². The summed E-state index contributed by atoms with van der Waals surface area (Å²) >= 11 is 0. The van der Waals surface area contributed by atoms with E-state index in [1.807, 2.05) is 12.1 Å². The molecule has 1 nitrogen and oxygen atoms in total. The highest BCUT2D eigenvalue weighted by molar-refractivity contribution is 6.22. The Morgan fingerprint density at radius 2 is 0.800 bits per heavy atom. The van der Waals surface area contributed by atoms with Crippen LogP contribution in [0.5, 0.6) is 5.75 Å². The van der Waals surface area contributed by atoms with Crippen LogP contribution in [0.25, 0.3) is 76.5 Å². The number of ether oxygens (including phenoxy) is 1. The van der Waals surface area contributed by atoms with Crippen LogP contribution in [0.3, 0.4) is 0 Å². The Morgan fingerprint density at radius 3 is 1.36 bits per heavy atom. The first kappa shape index (κ1) is 27.0. The first-order valence-electron chi connectivity index (χ1n) is 14.7. The Bertz CT molecular complexity index is 2390. The lowest BCUT2D eigenvalue weighted by Gasteiger charge is -2.19. The van der Waals surface area contributed by atoms with Gasteiger partial charge in [-0.25, -0.2) is 0 Å². The molecule has 0 saturated carbocycles. The van der Waals surface area contributed by atoms with Crippen LogP contribution in [0, 0.1) is 0 Å². The van der Waals surface area contributed by atoms with E-state index < -0.39 is 6.36 Å². The average molecular weight is 591 g/mol. The van der Waals surface area contributed by atoms with Gasteiger partial charge < -0.3 is 4.74 Å². The van der Waals surface area contributed by atoms with Gasteiger partial charge in [-0.15, -0.1) is 13.2 Å². The Morgan fingerprint density at radius 1 is 0.356 bits per heavy atom. The molecule has 45 heavy (non-hydrogen) atoms. The Balaban J connectivity index is 1.42. The van der Waals surface area contributed by atoms with Crippen LogP contribution in [-0.4, -0.2) is 6.36 Å². The zero-order valence-corrected chi connectivity index (χ0v) is 24.0. The highest BCUT2D eigenvalue weighted by Crippen LogP contribution is 2.45. The molecule has 0 aliphatic heterocycles. The van der Waals surface area contributed by atoms with Gasteiger partial charge >= 0.3 is 6.36 Å². The minimum absolute atomic E-state index is 0.242. The molecule has 0 bridgehead atoms. The summed E-state index contributed by atoms with van der Waals surface area (Å²) in [4.78, 5) is 0. The average Bonchev–Trinajstić information content (AvgIpc) is 3.06. The number of benzene rings is 8. The maximum Gasteiger partial charge on any atom is 0.573 e. The molecule has 0 aliphatic carbocycles. The van der Waals surface area contributed by atoms with Crippen molar-refractivity contribution >= 4 is 43.1 Å². The van der Waals surface area contributed by atoms with Gasteiger partial charge in [-0.05, 0) is 107 Å². The van der Waals surface area contributed by atoms with Crippen LogP contribution in [0.2, 0.25) is 0 Å². The molecule has 0 fully saturated rings. The zero-order valence-electron chi connectivity index (χ0n) is 24.0. The van der Waals surface area contributed by atoms with E-state index >= 15 is 0 Å². The molecule has 216 valence electrons. The van der Waals surface area contributed by atoms with E-state index in [9.17, 15) is 13.2 Å². The summed E-state index contributed by atoms with van der Waals surface area (Å²) in [6, 6.07) is 50.8. The van der Waals surface area contributed by atoms with Crippen molar-refractivity contribution in [1.82, 2.24) is 0 Å². The molecule has 4 heteroatoms. The molecule has 0 aromatic heterocycles. The summed E-state index contributed by atoms with van der Waals surface area (Å²) in [7, 11) is 0. The van der Waals surface area contributed by atoms with Gasteiger partial charge in [0.05, 0.1) is 0 Å². The second kappa shape index (κ2) is 10.5. The minimum atomic E-state index is -4.74. The van der Waals surface area contributed by atoms with Gasteiger partial charge in [-0.2, -0.15) is 0 Å². The Labute approximate surface area is 257 Å². The SMILES string of the molecule is FC(F)(F)Oc1ccc(-c2ccc3c(-c4ccc5ccccc5c4)c4ccccc4c(-c4ccc5ccccc5c4)c3c2)cc1. The van der Waals surface area contributed by atoms with Crippen molar-refractivity contribution in [2.45, 2.75) is 6.36 Å². The molecule has 0 atom stereocenters. The van der Waals surface area contributed by atoms with Crippen molar-refractivity contribution in [2.75, 3.05) is 0 Å². The topological polar surface area (TPSA) is 9.23 Å². The largest absolute Gasteiger partial charge is 0.573 e. The van der Waals surface area contributed by atoms with Gasteiger partial charge in [-0.1, -0.05) is 121 Å². The minimum Gasteiger partial charge on any atom is -0.406 e. The van der Waals surface area contributed by atoms with Crippen molar-refractivity contribution in [1.29, 1.82) is 0 Å². The van der Waals surface area contributed by atoms with E-state index in [-0.39, 0.29) is 5.75 Å². The number of halogens is 3. The Hall–Kier alpha value is -5.61. The van der Waals surface area contributed by atoms with Crippen molar-refractivity contribution in [3.05, 3.63) is 152 Å². The molecule has 8 aromatic carbocycles. The van der Waals surface area contributed by atoms with E-state index in [1.165, 1.54) is 28.3 Å². The summed E-state index contributed by atoms with van der Waals surface area (Å²) < 4.78 is 42.6. The molecule has 0 amide bonds. The van der Waals surface area contributed by atoms with E-state index in [1.54, 1.807) is 12.1 Å². The fourth-order valence-corrected chi connectivity index (χ4v) is 6.52. The maximum absolute atomic E-state index is 12.8. The molecule has 8 aromatic rings. The van der Waals surface area contributed by atoms with Crippen LogP contribution >= 0.6 is 0 Å². The number of rotatable bonds is 4. The van der Waals surface area contributed by atoms with Crippen LogP contribution in [0.1, 0.15) is 0 Å². The van der Waals surface area contributed by atoms with Crippen LogP contribution in [0.15, 0.2) is 152 Å². The molecule has 0 aliphatic rings. The number of hydrogen-bond acceptors (Lipinski definition) is 1. The molecular weight excluding hydrogens is 565 g/mol. The number of alkyl halides is 3. The molecule has 0 N–H and O–H groups in total. The molecule has 0 unspecified atom stereocenters. The van der Waals surface area contributed by atoms with Crippen LogP contribution in [-0.2, 0) is 0 Å². The van der Waals surface area contributed by atoms with Crippen LogP contribution in [0.4, 0.5) is 13.2 Å². The zero-order chi connectivity index (χ0) is 30.5. The third-order valence-corrected chi connectivity index (χ3v) is 8.52. The predicted octanol–water partition coefficient (Wildman–Crippen LogP) is 12.2. The lowest BCUT2D eigenvalue weighted by atomic mass is 9.84. The first-order chi connectivity index (χ1) is 21.9. The van der Waals surface area contributed by atoms with Crippen molar-refractivity contribution in [3.8, 4) is 39.1 Å². The molecular formula is C41H25F3O.